The van der Waals surface area contributed by atoms with Crippen molar-refractivity contribution in [2.45, 2.75) is 0 Å². The minimum absolute atomic E-state index is 0.726. The van der Waals surface area contributed by atoms with Crippen LogP contribution in [0.5, 0.6) is 0 Å². The SMILES string of the molecule is Clc1ccc(N/C=C\Nc2ccc(Cl)cc2)cc1. The monoisotopic (exact) mass is 278 g/mol. The highest BCUT2D eigenvalue weighted by Gasteiger charge is 1.89. The maximum Gasteiger partial charge on any atom is 0.0407 e. The van der Waals surface area contributed by atoms with E-state index in [-0.39, 0.29) is 0 Å². The molecular weight excluding hydrogens is 267 g/mol. The van der Waals surface area contributed by atoms with Crippen LogP contribution < -0.4 is 10.6 Å². The van der Waals surface area contributed by atoms with E-state index in [1.807, 2.05) is 60.9 Å². The number of anilines is 2. The van der Waals surface area contributed by atoms with Gasteiger partial charge < -0.3 is 10.6 Å². The number of benzene rings is 2. The molecule has 18 heavy (non-hydrogen) atoms. The van der Waals surface area contributed by atoms with Crippen LogP contribution in [-0.4, -0.2) is 0 Å². The molecule has 0 fully saturated rings. The van der Waals surface area contributed by atoms with Crippen molar-refractivity contribution in [2.24, 2.45) is 0 Å². The van der Waals surface area contributed by atoms with Crippen LogP contribution >= 0.6 is 23.2 Å². The molecule has 0 aliphatic heterocycles. The number of halogens is 2. The molecule has 2 nitrogen and oxygen atoms in total. The Morgan fingerprint density at radius 2 is 0.944 bits per heavy atom. The number of hydrogen-bond acceptors (Lipinski definition) is 2. The summed E-state index contributed by atoms with van der Waals surface area (Å²) in [5.74, 6) is 0. The molecule has 2 aromatic carbocycles. The molecule has 0 saturated heterocycles. The molecule has 0 aliphatic carbocycles. The third kappa shape index (κ3) is 3.99. The van der Waals surface area contributed by atoms with Gasteiger partial charge >= 0.3 is 0 Å². The molecule has 0 radical (unpaired) electrons. The van der Waals surface area contributed by atoms with E-state index in [1.165, 1.54) is 0 Å². The standard InChI is InChI=1S/C14H12Cl2N2/c15-11-1-5-13(6-2-11)17-9-10-18-14-7-3-12(16)4-8-14/h1-10,17-18H/b10-9-. The molecule has 0 aromatic heterocycles. The van der Waals surface area contributed by atoms with E-state index in [0.717, 1.165) is 21.4 Å². The minimum Gasteiger partial charge on any atom is -0.360 e. The van der Waals surface area contributed by atoms with Crippen molar-refractivity contribution >= 4 is 34.6 Å². The molecule has 2 rings (SSSR count). The molecule has 2 N–H and O–H groups in total. The molecule has 0 atom stereocenters. The topological polar surface area (TPSA) is 24.1 Å². The Hall–Kier alpha value is -1.64. The Morgan fingerprint density at radius 1 is 0.611 bits per heavy atom. The van der Waals surface area contributed by atoms with Gasteiger partial charge in [-0.2, -0.15) is 0 Å². The van der Waals surface area contributed by atoms with E-state index in [1.54, 1.807) is 0 Å². The summed E-state index contributed by atoms with van der Waals surface area (Å²) >= 11 is 11.6. The van der Waals surface area contributed by atoms with Crippen molar-refractivity contribution in [1.82, 2.24) is 0 Å². The average Bonchev–Trinajstić information content (AvgIpc) is 2.39. The highest BCUT2D eigenvalue weighted by Crippen LogP contribution is 2.14. The number of rotatable bonds is 4. The summed E-state index contributed by atoms with van der Waals surface area (Å²) in [5.41, 5.74) is 1.96. The fourth-order valence-electron chi connectivity index (χ4n) is 1.37. The van der Waals surface area contributed by atoms with Gasteiger partial charge in [0.15, 0.2) is 0 Å². The zero-order valence-electron chi connectivity index (χ0n) is 9.53. The predicted molar refractivity (Wildman–Crippen MR) is 79.3 cm³/mol. The van der Waals surface area contributed by atoms with Crippen molar-refractivity contribution in [3.63, 3.8) is 0 Å². The summed E-state index contributed by atoms with van der Waals surface area (Å²) in [7, 11) is 0. The molecule has 0 aliphatic rings. The van der Waals surface area contributed by atoms with Crippen LogP contribution in [0.3, 0.4) is 0 Å². The molecule has 0 amide bonds. The van der Waals surface area contributed by atoms with E-state index in [2.05, 4.69) is 10.6 Å². The second-order valence-electron chi connectivity index (χ2n) is 3.64. The van der Waals surface area contributed by atoms with Crippen molar-refractivity contribution in [3.05, 3.63) is 71.0 Å². The lowest BCUT2D eigenvalue weighted by Crippen LogP contribution is -1.91. The Morgan fingerprint density at radius 3 is 1.28 bits per heavy atom. The van der Waals surface area contributed by atoms with Crippen molar-refractivity contribution in [3.8, 4) is 0 Å². The van der Waals surface area contributed by atoms with E-state index in [4.69, 9.17) is 23.2 Å². The Bertz CT molecular complexity index is 469. The number of hydrogen-bond donors (Lipinski definition) is 2. The van der Waals surface area contributed by atoms with Crippen molar-refractivity contribution < 1.29 is 0 Å². The summed E-state index contributed by atoms with van der Waals surface area (Å²) in [6.45, 7) is 0. The molecule has 0 unspecified atom stereocenters. The Labute approximate surface area is 116 Å². The van der Waals surface area contributed by atoms with Gasteiger partial charge in [-0.3, -0.25) is 0 Å². The first-order valence-corrected chi connectivity index (χ1v) is 6.19. The highest BCUT2D eigenvalue weighted by atomic mass is 35.5. The lowest BCUT2D eigenvalue weighted by atomic mass is 10.3. The maximum atomic E-state index is 5.80. The van der Waals surface area contributed by atoms with Crippen LogP contribution in [0.25, 0.3) is 0 Å². The Balaban J connectivity index is 1.85. The molecular formula is C14H12Cl2N2. The predicted octanol–water partition coefficient (Wildman–Crippen LogP) is 4.99. The van der Waals surface area contributed by atoms with Crippen LogP contribution in [0.1, 0.15) is 0 Å². The minimum atomic E-state index is 0.726. The third-order valence-electron chi connectivity index (χ3n) is 2.27. The first-order chi connectivity index (χ1) is 8.74. The summed E-state index contributed by atoms with van der Waals surface area (Å²) in [6, 6.07) is 15.0. The van der Waals surface area contributed by atoms with E-state index < -0.39 is 0 Å². The quantitative estimate of drug-likeness (QED) is 0.824. The van der Waals surface area contributed by atoms with Crippen LogP contribution in [-0.2, 0) is 0 Å². The molecule has 0 heterocycles. The lowest BCUT2D eigenvalue weighted by molar-refractivity contribution is 1.53. The zero-order valence-corrected chi connectivity index (χ0v) is 11.0. The maximum absolute atomic E-state index is 5.80. The van der Waals surface area contributed by atoms with Gasteiger partial charge in [-0.15, -0.1) is 0 Å². The van der Waals surface area contributed by atoms with Gasteiger partial charge in [0.2, 0.25) is 0 Å². The molecule has 0 spiro atoms. The van der Waals surface area contributed by atoms with Gasteiger partial charge in [0.05, 0.1) is 0 Å². The molecule has 0 saturated carbocycles. The van der Waals surface area contributed by atoms with Crippen LogP contribution in [0.15, 0.2) is 60.9 Å². The van der Waals surface area contributed by atoms with E-state index in [9.17, 15) is 0 Å². The average molecular weight is 279 g/mol. The van der Waals surface area contributed by atoms with Gasteiger partial charge in [0, 0.05) is 33.8 Å². The lowest BCUT2D eigenvalue weighted by Gasteiger charge is -2.02. The van der Waals surface area contributed by atoms with Gasteiger partial charge in [0.1, 0.15) is 0 Å². The smallest absolute Gasteiger partial charge is 0.0407 e. The molecule has 92 valence electrons. The van der Waals surface area contributed by atoms with Crippen LogP contribution in [0.4, 0.5) is 11.4 Å². The molecule has 2 aromatic rings. The van der Waals surface area contributed by atoms with Crippen molar-refractivity contribution in [2.75, 3.05) is 10.6 Å². The zero-order chi connectivity index (χ0) is 12.8. The first-order valence-electron chi connectivity index (χ1n) is 5.43. The third-order valence-corrected chi connectivity index (χ3v) is 2.78. The number of nitrogens with one attached hydrogen (secondary N) is 2. The first kappa shape index (κ1) is 12.8. The summed E-state index contributed by atoms with van der Waals surface area (Å²) < 4.78 is 0. The van der Waals surface area contributed by atoms with Gasteiger partial charge in [-0.05, 0) is 48.5 Å². The van der Waals surface area contributed by atoms with Gasteiger partial charge in [-0.1, -0.05) is 23.2 Å². The molecule has 0 bridgehead atoms. The summed E-state index contributed by atoms with van der Waals surface area (Å²) in [5, 5.41) is 7.70. The molecule has 4 heteroatoms. The van der Waals surface area contributed by atoms with Gasteiger partial charge in [-0.25, -0.2) is 0 Å². The van der Waals surface area contributed by atoms with E-state index in [0.29, 0.717) is 0 Å². The van der Waals surface area contributed by atoms with Gasteiger partial charge in [0.25, 0.3) is 0 Å². The largest absolute Gasteiger partial charge is 0.360 e. The summed E-state index contributed by atoms with van der Waals surface area (Å²) in [6.07, 6.45) is 3.63. The second kappa shape index (κ2) is 6.34. The fraction of sp³-hybridized carbons (Fsp3) is 0. The van der Waals surface area contributed by atoms with Crippen LogP contribution in [0.2, 0.25) is 10.0 Å². The normalized spacial score (nSPS) is 10.6. The Kier molecular flexibility index (Phi) is 4.51. The fourth-order valence-corrected chi connectivity index (χ4v) is 1.62. The van der Waals surface area contributed by atoms with Crippen molar-refractivity contribution in [1.29, 1.82) is 0 Å². The van der Waals surface area contributed by atoms with E-state index >= 15 is 0 Å². The highest BCUT2D eigenvalue weighted by molar-refractivity contribution is 6.30. The summed E-state index contributed by atoms with van der Waals surface area (Å²) in [4.78, 5) is 0. The van der Waals surface area contributed by atoms with Crippen LogP contribution in [0, 0.1) is 0 Å². The second-order valence-corrected chi connectivity index (χ2v) is 4.51.